The molecule has 0 spiro atoms. The molecule has 0 atom stereocenters. The molecule has 0 aliphatic carbocycles. The number of nitrogens with two attached hydrogens (primary N) is 1. The SMILES string of the molecule is CCCOc1cccnc1N(CCN)Cc1ccccc1. The van der Waals surface area contributed by atoms with Crippen LogP contribution in [0.4, 0.5) is 5.82 Å². The van der Waals surface area contributed by atoms with Gasteiger partial charge in [-0.2, -0.15) is 0 Å². The lowest BCUT2D eigenvalue weighted by molar-refractivity contribution is 0.316. The zero-order valence-corrected chi connectivity index (χ0v) is 12.5. The summed E-state index contributed by atoms with van der Waals surface area (Å²) in [7, 11) is 0. The molecule has 0 unspecified atom stereocenters. The van der Waals surface area contributed by atoms with Crippen molar-refractivity contribution in [2.24, 2.45) is 5.73 Å². The Balaban J connectivity index is 2.21. The fourth-order valence-corrected chi connectivity index (χ4v) is 2.16. The average Bonchev–Trinajstić information content (AvgIpc) is 2.54. The van der Waals surface area contributed by atoms with E-state index in [0.29, 0.717) is 13.2 Å². The van der Waals surface area contributed by atoms with Gasteiger partial charge in [-0.15, -0.1) is 0 Å². The number of aromatic nitrogens is 1. The highest BCUT2D eigenvalue weighted by atomic mass is 16.5. The highest BCUT2D eigenvalue weighted by Crippen LogP contribution is 2.26. The van der Waals surface area contributed by atoms with E-state index in [1.165, 1.54) is 5.56 Å². The summed E-state index contributed by atoms with van der Waals surface area (Å²) in [5.74, 6) is 1.68. The molecule has 0 aliphatic heterocycles. The maximum Gasteiger partial charge on any atom is 0.171 e. The maximum absolute atomic E-state index is 5.81. The van der Waals surface area contributed by atoms with Crippen molar-refractivity contribution in [1.82, 2.24) is 4.98 Å². The second kappa shape index (κ2) is 8.27. The van der Waals surface area contributed by atoms with Gasteiger partial charge in [-0.05, 0) is 24.1 Å². The van der Waals surface area contributed by atoms with Crippen molar-refractivity contribution in [2.75, 3.05) is 24.6 Å². The first-order valence-electron chi connectivity index (χ1n) is 7.42. The van der Waals surface area contributed by atoms with Gasteiger partial charge in [0.1, 0.15) is 0 Å². The van der Waals surface area contributed by atoms with E-state index in [0.717, 1.165) is 31.1 Å². The Morgan fingerprint density at radius 2 is 1.95 bits per heavy atom. The predicted octanol–water partition coefficient (Wildman–Crippen LogP) is 2.84. The fraction of sp³-hybridized carbons (Fsp3) is 0.353. The zero-order valence-electron chi connectivity index (χ0n) is 12.5. The van der Waals surface area contributed by atoms with E-state index in [2.05, 4.69) is 28.9 Å². The number of hydrogen-bond donors (Lipinski definition) is 1. The van der Waals surface area contributed by atoms with Gasteiger partial charge in [0, 0.05) is 25.8 Å². The number of rotatable bonds is 8. The van der Waals surface area contributed by atoms with Gasteiger partial charge in [-0.1, -0.05) is 37.3 Å². The molecule has 1 aromatic carbocycles. The molecule has 0 amide bonds. The molecule has 0 radical (unpaired) electrons. The molecule has 0 saturated heterocycles. The van der Waals surface area contributed by atoms with E-state index in [1.807, 2.05) is 30.3 Å². The normalized spacial score (nSPS) is 10.4. The van der Waals surface area contributed by atoms with Crippen molar-refractivity contribution in [3.05, 3.63) is 54.2 Å². The van der Waals surface area contributed by atoms with Gasteiger partial charge in [0.05, 0.1) is 6.61 Å². The molecule has 1 aromatic heterocycles. The quantitative estimate of drug-likeness (QED) is 0.810. The molecule has 0 fully saturated rings. The number of hydrogen-bond acceptors (Lipinski definition) is 4. The van der Waals surface area contributed by atoms with Crippen LogP contribution in [0.3, 0.4) is 0 Å². The van der Waals surface area contributed by atoms with Crippen molar-refractivity contribution < 1.29 is 4.74 Å². The first-order chi connectivity index (χ1) is 10.3. The van der Waals surface area contributed by atoms with Gasteiger partial charge in [-0.3, -0.25) is 0 Å². The smallest absolute Gasteiger partial charge is 0.171 e. The Bertz CT molecular complexity index is 531. The minimum atomic E-state index is 0.580. The summed E-state index contributed by atoms with van der Waals surface area (Å²) >= 11 is 0. The summed E-state index contributed by atoms with van der Waals surface area (Å²) in [5.41, 5.74) is 6.99. The lowest BCUT2D eigenvalue weighted by Gasteiger charge is -2.25. The van der Waals surface area contributed by atoms with Crippen LogP contribution in [-0.4, -0.2) is 24.7 Å². The average molecular weight is 285 g/mol. The molecule has 21 heavy (non-hydrogen) atoms. The topological polar surface area (TPSA) is 51.4 Å². The van der Waals surface area contributed by atoms with Gasteiger partial charge in [0.2, 0.25) is 0 Å². The maximum atomic E-state index is 5.81. The van der Waals surface area contributed by atoms with Crippen molar-refractivity contribution in [3.8, 4) is 5.75 Å². The molecule has 0 bridgehead atoms. The Kier molecular flexibility index (Phi) is 6.03. The van der Waals surface area contributed by atoms with Gasteiger partial charge in [-0.25, -0.2) is 4.98 Å². The third-order valence-electron chi connectivity index (χ3n) is 3.13. The predicted molar refractivity (Wildman–Crippen MR) is 86.6 cm³/mol. The van der Waals surface area contributed by atoms with E-state index in [9.17, 15) is 0 Å². The van der Waals surface area contributed by atoms with E-state index in [1.54, 1.807) is 6.20 Å². The van der Waals surface area contributed by atoms with Crippen molar-refractivity contribution in [3.63, 3.8) is 0 Å². The molecular weight excluding hydrogens is 262 g/mol. The van der Waals surface area contributed by atoms with Crippen molar-refractivity contribution in [1.29, 1.82) is 0 Å². The number of nitrogens with zero attached hydrogens (tertiary/aromatic N) is 2. The third kappa shape index (κ3) is 4.46. The summed E-state index contributed by atoms with van der Waals surface area (Å²) in [6.07, 6.45) is 2.77. The Hall–Kier alpha value is -2.07. The van der Waals surface area contributed by atoms with Gasteiger partial charge < -0.3 is 15.4 Å². The van der Waals surface area contributed by atoms with Crippen LogP contribution in [0, 0.1) is 0 Å². The van der Waals surface area contributed by atoms with Crippen molar-refractivity contribution in [2.45, 2.75) is 19.9 Å². The molecule has 2 rings (SSSR count). The summed E-state index contributed by atoms with van der Waals surface area (Å²) in [5, 5.41) is 0. The van der Waals surface area contributed by atoms with Crippen LogP contribution in [-0.2, 0) is 6.54 Å². The highest BCUT2D eigenvalue weighted by Gasteiger charge is 2.13. The second-order valence-electron chi connectivity index (χ2n) is 4.87. The Morgan fingerprint density at radius 1 is 1.14 bits per heavy atom. The molecule has 1 heterocycles. The van der Waals surface area contributed by atoms with Crippen LogP contribution in [0.1, 0.15) is 18.9 Å². The molecule has 2 N–H and O–H groups in total. The zero-order chi connectivity index (χ0) is 14.9. The fourth-order valence-electron chi connectivity index (χ4n) is 2.16. The van der Waals surface area contributed by atoms with E-state index >= 15 is 0 Å². The van der Waals surface area contributed by atoms with Gasteiger partial charge in [0.15, 0.2) is 11.6 Å². The van der Waals surface area contributed by atoms with Crippen LogP contribution in [0.5, 0.6) is 5.75 Å². The van der Waals surface area contributed by atoms with E-state index in [4.69, 9.17) is 10.5 Å². The Morgan fingerprint density at radius 3 is 2.67 bits per heavy atom. The first-order valence-corrected chi connectivity index (χ1v) is 7.42. The molecule has 2 aromatic rings. The first kappa shape index (κ1) is 15.3. The summed E-state index contributed by atoms with van der Waals surface area (Å²) < 4.78 is 5.81. The minimum absolute atomic E-state index is 0.580. The van der Waals surface area contributed by atoms with Crippen LogP contribution >= 0.6 is 0 Å². The number of anilines is 1. The van der Waals surface area contributed by atoms with Gasteiger partial charge >= 0.3 is 0 Å². The third-order valence-corrected chi connectivity index (χ3v) is 3.13. The molecule has 4 heteroatoms. The number of pyridine rings is 1. The largest absolute Gasteiger partial charge is 0.490 e. The minimum Gasteiger partial charge on any atom is -0.490 e. The van der Waals surface area contributed by atoms with Crippen LogP contribution in [0.25, 0.3) is 0 Å². The number of ether oxygens (including phenoxy) is 1. The van der Waals surface area contributed by atoms with Crippen molar-refractivity contribution >= 4 is 5.82 Å². The van der Waals surface area contributed by atoms with E-state index < -0.39 is 0 Å². The molecule has 0 aliphatic rings. The Labute approximate surface area is 126 Å². The van der Waals surface area contributed by atoms with Crippen LogP contribution in [0.15, 0.2) is 48.7 Å². The van der Waals surface area contributed by atoms with Crippen LogP contribution < -0.4 is 15.4 Å². The molecule has 112 valence electrons. The lowest BCUT2D eigenvalue weighted by atomic mass is 10.2. The monoisotopic (exact) mass is 285 g/mol. The lowest BCUT2D eigenvalue weighted by Crippen LogP contribution is -2.30. The summed E-state index contributed by atoms with van der Waals surface area (Å²) in [4.78, 5) is 6.66. The molecule has 4 nitrogen and oxygen atoms in total. The second-order valence-corrected chi connectivity index (χ2v) is 4.87. The number of benzene rings is 1. The summed E-state index contributed by atoms with van der Waals surface area (Å²) in [6, 6.07) is 14.2. The summed E-state index contributed by atoms with van der Waals surface area (Å²) in [6.45, 7) is 4.89. The van der Waals surface area contributed by atoms with Crippen LogP contribution in [0.2, 0.25) is 0 Å². The standard InChI is InChI=1S/C17H23N3O/c1-2-13-21-16-9-6-11-19-17(16)20(12-10-18)14-15-7-4-3-5-8-15/h3-9,11H,2,10,12-14,18H2,1H3. The molecule has 0 saturated carbocycles. The highest BCUT2D eigenvalue weighted by molar-refractivity contribution is 5.52. The van der Waals surface area contributed by atoms with E-state index in [-0.39, 0.29) is 0 Å². The molecular formula is C17H23N3O. The van der Waals surface area contributed by atoms with Gasteiger partial charge in [0.25, 0.3) is 0 Å².